The summed E-state index contributed by atoms with van der Waals surface area (Å²) in [5, 5.41) is 4.85. The Kier molecular flexibility index (Phi) is 6.09. The summed E-state index contributed by atoms with van der Waals surface area (Å²) in [5.74, 6) is -0.273. The topological polar surface area (TPSA) is 68.9 Å². The minimum atomic E-state index is -0.273. The molecule has 35 heavy (non-hydrogen) atoms. The van der Waals surface area contributed by atoms with Crippen LogP contribution in [0.15, 0.2) is 71.8 Å². The van der Waals surface area contributed by atoms with Crippen LogP contribution in [0.4, 0.5) is 5.69 Å². The maximum atomic E-state index is 13.7. The molecular weight excluding hydrogens is 483 g/mol. The van der Waals surface area contributed by atoms with Crippen molar-refractivity contribution >= 4 is 56.7 Å². The van der Waals surface area contributed by atoms with Gasteiger partial charge in [-0.05, 0) is 55.3 Å². The number of aromatic nitrogens is 3. The van der Waals surface area contributed by atoms with Crippen LogP contribution >= 0.6 is 23.2 Å². The highest BCUT2D eigenvalue weighted by atomic mass is 35.5. The largest absolute Gasteiger partial charge is 0.325 e. The quantitative estimate of drug-likeness (QED) is 0.321. The summed E-state index contributed by atoms with van der Waals surface area (Å²) in [5.41, 5.74) is 4.83. The van der Waals surface area contributed by atoms with Crippen molar-refractivity contribution in [2.24, 2.45) is 0 Å². The number of halogens is 2. The number of benzene rings is 3. The van der Waals surface area contributed by atoms with Crippen LogP contribution in [0.1, 0.15) is 16.7 Å². The predicted molar refractivity (Wildman–Crippen MR) is 142 cm³/mol. The summed E-state index contributed by atoms with van der Waals surface area (Å²) in [6, 6.07) is 18.6. The molecule has 1 amide bonds. The lowest BCUT2D eigenvalue weighted by atomic mass is 10.1. The van der Waals surface area contributed by atoms with Crippen molar-refractivity contribution in [3.63, 3.8) is 0 Å². The molecule has 0 unspecified atom stereocenters. The van der Waals surface area contributed by atoms with E-state index < -0.39 is 0 Å². The molecule has 0 aliphatic heterocycles. The third-order valence-electron chi connectivity index (χ3n) is 6.04. The summed E-state index contributed by atoms with van der Waals surface area (Å²) in [4.78, 5) is 31.3. The van der Waals surface area contributed by atoms with Crippen molar-refractivity contribution in [2.45, 2.75) is 26.9 Å². The number of amides is 1. The van der Waals surface area contributed by atoms with Crippen molar-refractivity contribution in [2.75, 3.05) is 5.32 Å². The third kappa shape index (κ3) is 4.43. The van der Waals surface area contributed by atoms with Crippen LogP contribution in [-0.4, -0.2) is 20.0 Å². The van der Waals surface area contributed by atoms with Crippen LogP contribution < -0.4 is 10.9 Å². The Bertz CT molecular complexity index is 1670. The van der Waals surface area contributed by atoms with Crippen molar-refractivity contribution in [3.8, 4) is 0 Å². The second kappa shape index (κ2) is 9.21. The summed E-state index contributed by atoms with van der Waals surface area (Å²) in [6.45, 7) is 4.10. The van der Waals surface area contributed by atoms with E-state index in [0.29, 0.717) is 26.8 Å². The fourth-order valence-corrected chi connectivity index (χ4v) is 4.59. The lowest BCUT2D eigenvalue weighted by Gasteiger charge is -2.11. The molecule has 8 heteroatoms. The van der Waals surface area contributed by atoms with Crippen molar-refractivity contribution < 1.29 is 4.79 Å². The summed E-state index contributed by atoms with van der Waals surface area (Å²) < 4.78 is 3.25. The average molecular weight is 505 g/mol. The number of hydrogen-bond acceptors (Lipinski definition) is 3. The van der Waals surface area contributed by atoms with E-state index in [2.05, 4.69) is 10.3 Å². The Morgan fingerprint density at radius 2 is 1.80 bits per heavy atom. The van der Waals surface area contributed by atoms with Gasteiger partial charge in [-0.2, -0.15) is 0 Å². The lowest BCUT2D eigenvalue weighted by Crippen LogP contribution is -2.25. The molecule has 0 saturated heterocycles. The van der Waals surface area contributed by atoms with Gasteiger partial charge in [0.1, 0.15) is 17.6 Å². The number of aryl methyl sites for hydroxylation is 2. The third-order valence-corrected chi connectivity index (χ3v) is 6.81. The molecule has 1 N–H and O–H groups in total. The number of hydrogen-bond donors (Lipinski definition) is 1. The fourth-order valence-electron chi connectivity index (χ4n) is 4.22. The summed E-state index contributed by atoms with van der Waals surface area (Å²) in [6.07, 6.45) is 1.54. The second-order valence-electron chi connectivity index (χ2n) is 8.59. The number of fused-ring (bicyclic) bond motifs is 3. The zero-order chi connectivity index (χ0) is 24.7. The molecule has 0 aliphatic carbocycles. The Morgan fingerprint density at radius 1 is 1.00 bits per heavy atom. The van der Waals surface area contributed by atoms with Gasteiger partial charge in [-0.25, -0.2) is 4.98 Å². The molecule has 5 aromatic rings. The van der Waals surface area contributed by atoms with Crippen LogP contribution in [0.25, 0.3) is 21.9 Å². The molecular formula is C27H22Cl2N4O2. The smallest absolute Gasteiger partial charge is 0.278 e. The minimum Gasteiger partial charge on any atom is -0.325 e. The van der Waals surface area contributed by atoms with Crippen LogP contribution in [0.3, 0.4) is 0 Å². The van der Waals surface area contributed by atoms with Crippen LogP contribution in [0, 0.1) is 13.8 Å². The van der Waals surface area contributed by atoms with E-state index in [0.717, 1.165) is 27.6 Å². The van der Waals surface area contributed by atoms with Gasteiger partial charge in [-0.15, -0.1) is 0 Å². The molecule has 0 atom stereocenters. The Labute approximate surface area is 211 Å². The number of nitrogens with one attached hydrogen (secondary N) is 1. The predicted octanol–water partition coefficient (Wildman–Crippen LogP) is 5.96. The van der Waals surface area contributed by atoms with Gasteiger partial charge >= 0.3 is 0 Å². The van der Waals surface area contributed by atoms with E-state index >= 15 is 0 Å². The summed E-state index contributed by atoms with van der Waals surface area (Å²) in [7, 11) is 0. The molecule has 0 bridgehead atoms. The van der Waals surface area contributed by atoms with E-state index in [9.17, 15) is 9.59 Å². The van der Waals surface area contributed by atoms with Gasteiger partial charge in [0.2, 0.25) is 5.91 Å². The van der Waals surface area contributed by atoms with E-state index in [-0.39, 0.29) is 24.6 Å². The van der Waals surface area contributed by atoms with Gasteiger partial charge in [-0.1, -0.05) is 59.1 Å². The number of carbonyl (C=O) groups excluding carboxylic acids is 1. The molecule has 5 rings (SSSR count). The first-order valence-corrected chi connectivity index (χ1v) is 11.8. The number of carbonyl (C=O) groups is 1. The average Bonchev–Trinajstić information content (AvgIpc) is 3.12. The first-order chi connectivity index (χ1) is 16.8. The van der Waals surface area contributed by atoms with Gasteiger partial charge in [0.15, 0.2) is 0 Å². The Morgan fingerprint density at radius 3 is 2.57 bits per heavy atom. The molecule has 0 radical (unpaired) electrons. The zero-order valence-corrected chi connectivity index (χ0v) is 20.7. The molecule has 2 heterocycles. The molecule has 6 nitrogen and oxygen atoms in total. The number of anilines is 1. The maximum absolute atomic E-state index is 13.7. The van der Waals surface area contributed by atoms with Gasteiger partial charge in [0, 0.05) is 21.1 Å². The van der Waals surface area contributed by atoms with Gasteiger partial charge in [0.05, 0.1) is 18.4 Å². The SMILES string of the molecule is Cc1ccc2c(c1)c1ncn(Cc3ccccc3Cl)c(=O)c1n2CC(=O)Nc1ccc(C)c(Cl)c1. The molecule has 0 saturated carbocycles. The second-order valence-corrected chi connectivity index (χ2v) is 9.40. The summed E-state index contributed by atoms with van der Waals surface area (Å²) >= 11 is 12.5. The van der Waals surface area contributed by atoms with Crippen molar-refractivity contribution in [1.82, 2.24) is 14.1 Å². The van der Waals surface area contributed by atoms with Crippen LogP contribution in [0.2, 0.25) is 10.0 Å². The fraction of sp³-hybridized carbons (Fsp3) is 0.148. The highest BCUT2D eigenvalue weighted by molar-refractivity contribution is 6.31. The molecule has 2 aromatic heterocycles. The monoisotopic (exact) mass is 504 g/mol. The zero-order valence-electron chi connectivity index (χ0n) is 19.2. The molecule has 176 valence electrons. The number of nitrogens with zero attached hydrogens (tertiary/aromatic N) is 3. The van der Waals surface area contributed by atoms with Gasteiger partial charge in [-0.3, -0.25) is 14.2 Å². The molecule has 0 fully saturated rings. The molecule has 0 spiro atoms. The highest BCUT2D eigenvalue weighted by Gasteiger charge is 2.19. The van der Waals surface area contributed by atoms with Crippen LogP contribution in [0.5, 0.6) is 0 Å². The minimum absolute atomic E-state index is 0.0540. The van der Waals surface area contributed by atoms with E-state index in [1.807, 2.05) is 56.3 Å². The lowest BCUT2D eigenvalue weighted by molar-refractivity contribution is -0.116. The number of rotatable bonds is 5. The van der Waals surface area contributed by atoms with E-state index in [1.54, 1.807) is 22.8 Å². The standard InChI is InChI=1S/C27H22Cl2N4O2/c1-16-7-10-23-20(11-16)25-26(27(35)32(15-30-25)13-18-5-3-4-6-21(18)28)33(23)14-24(34)31-19-9-8-17(2)22(29)12-19/h3-12,15H,13-14H2,1-2H3,(H,31,34). The first kappa shape index (κ1) is 23.1. The molecule has 3 aromatic carbocycles. The normalized spacial score (nSPS) is 11.3. The van der Waals surface area contributed by atoms with Crippen molar-refractivity contribution in [1.29, 1.82) is 0 Å². The van der Waals surface area contributed by atoms with E-state index in [4.69, 9.17) is 23.2 Å². The highest BCUT2D eigenvalue weighted by Crippen LogP contribution is 2.27. The van der Waals surface area contributed by atoms with Gasteiger partial charge < -0.3 is 9.88 Å². The Balaban J connectivity index is 1.60. The van der Waals surface area contributed by atoms with E-state index in [1.165, 1.54) is 10.9 Å². The van der Waals surface area contributed by atoms with Crippen LogP contribution in [-0.2, 0) is 17.9 Å². The van der Waals surface area contributed by atoms with Gasteiger partial charge in [0.25, 0.3) is 5.56 Å². The maximum Gasteiger partial charge on any atom is 0.278 e. The van der Waals surface area contributed by atoms with Crippen molar-refractivity contribution in [3.05, 3.63) is 104 Å². The molecule has 0 aliphatic rings. The Hall–Kier alpha value is -3.61. The first-order valence-electron chi connectivity index (χ1n) is 11.1.